The molecule has 0 fully saturated rings. The van der Waals surface area contributed by atoms with E-state index in [4.69, 9.17) is 14.2 Å². The first-order valence-electron chi connectivity index (χ1n) is 7.43. The fourth-order valence-electron chi connectivity index (χ4n) is 2.20. The molecular formula is C18H17NO4S. The zero-order chi connectivity index (χ0) is 16.9. The van der Waals surface area contributed by atoms with Crippen molar-refractivity contribution in [3.63, 3.8) is 0 Å². The Morgan fingerprint density at radius 3 is 2.79 bits per heavy atom. The van der Waals surface area contributed by atoms with Crippen LogP contribution in [0.15, 0.2) is 42.5 Å². The summed E-state index contributed by atoms with van der Waals surface area (Å²) in [6, 6.07) is 13.3. The van der Waals surface area contributed by atoms with E-state index in [1.54, 1.807) is 13.2 Å². The average Bonchev–Trinajstić information content (AvgIpc) is 3.01. The maximum Gasteiger partial charge on any atom is 0.344 e. The molecule has 5 nitrogen and oxygen atoms in total. The van der Waals surface area contributed by atoms with Crippen molar-refractivity contribution in [3.05, 3.63) is 53.0 Å². The van der Waals surface area contributed by atoms with Crippen LogP contribution < -0.4 is 9.47 Å². The van der Waals surface area contributed by atoms with Gasteiger partial charge in [-0.25, -0.2) is 9.78 Å². The molecule has 1 heterocycles. The van der Waals surface area contributed by atoms with E-state index < -0.39 is 5.97 Å². The largest absolute Gasteiger partial charge is 0.493 e. The third-order valence-corrected chi connectivity index (χ3v) is 4.37. The zero-order valence-corrected chi connectivity index (χ0v) is 14.3. The smallest absolute Gasteiger partial charge is 0.344 e. The molecule has 2 aromatic carbocycles. The molecule has 0 saturated heterocycles. The number of benzene rings is 2. The number of hydrogen-bond donors (Lipinski definition) is 0. The Morgan fingerprint density at radius 1 is 1.17 bits per heavy atom. The molecule has 0 amide bonds. The van der Waals surface area contributed by atoms with Gasteiger partial charge in [-0.2, -0.15) is 0 Å². The van der Waals surface area contributed by atoms with E-state index in [1.807, 2.05) is 43.3 Å². The van der Waals surface area contributed by atoms with Gasteiger partial charge in [0.05, 0.1) is 17.3 Å². The van der Waals surface area contributed by atoms with E-state index in [2.05, 4.69) is 4.98 Å². The summed E-state index contributed by atoms with van der Waals surface area (Å²) in [5.41, 5.74) is 1.96. The molecule has 0 unspecified atom stereocenters. The lowest BCUT2D eigenvalue weighted by Crippen LogP contribution is -2.15. The van der Waals surface area contributed by atoms with Crippen molar-refractivity contribution in [3.8, 4) is 11.5 Å². The summed E-state index contributed by atoms with van der Waals surface area (Å²) >= 11 is 1.51. The molecule has 0 radical (unpaired) electrons. The van der Waals surface area contributed by atoms with Gasteiger partial charge in [0.1, 0.15) is 11.6 Å². The van der Waals surface area contributed by atoms with Gasteiger partial charge >= 0.3 is 5.97 Å². The predicted molar refractivity (Wildman–Crippen MR) is 92.6 cm³/mol. The fourth-order valence-corrected chi connectivity index (χ4v) is 3.08. The van der Waals surface area contributed by atoms with Crippen molar-refractivity contribution in [1.29, 1.82) is 0 Å². The number of carbonyl (C=O) groups excluding carboxylic acids is 1. The number of carbonyl (C=O) groups is 1. The molecule has 1 aromatic heterocycles. The first-order chi connectivity index (χ1) is 11.7. The highest BCUT2D eigenvalue weighted by atomic mass is 32.1. The van der Waals surface area contributed by atoms with Gasteiger partial charge < -0.3 is 14.2 Å². The minimum Gasteiger partial charge on any atom is -0.493 e. The molecule has 3 rings (SSSR count). The standard InChI is InChI=1S/C18H17NO4S/c1-12-7-8-14(15(9-12)21-2)22-11-18(20)23-10-17-19-13-5-3-4-6-16(13)24-17/h3-9H,10-11H2,1-2H3. The number of thiazole rings is 1. The minimum absolute atomic E-state index is 0.145. The second-order valence-corrected chi connectivity index (χ2v) is 6.29. The van der Waals surface area contributed by atoms with E-state index in [9.17, 15) is 4.79 Å². The van der Waals surface area contributed by atoms with Crippen LogP contribution in [0, 0.1) is 6.92 Å². The Balaban J connectivity index is 1.54. The molecule has 0 aliphatic carbocycles. The third kappa shape index (κ3) is 3.83. The van der Waals surface area contributed by atoms with Gasteiger partial charge in [0.25, 0.3) is 0 Å². The zero-order valence-electron chi connectivity index (χ0n) is 13.4. The number of fused-ring (bicyclic) bond motifs is 1. The van der Waals surface area contributed by atoms with Crippen molar-refractivity contribution >= 4 is 27.5 Å². The fraction of sp³-hybridized carbons (Fsp3) is 0.222. The molecule has 24 heavy (non-hydrogen) atoms. The first kappa shape index (κ1) is 16.3. The van der Waals surface area contributed by atoms with Crippen LogP contribution in [0.3, 0.4) is 0 Å². The summed E-state index contributed by atoms with van der Waals surface area (Å²) in [5, 5.41) is 0.762. The van der Waals surface area contributed by atoms with Gasteiger partial charge in [-0.3, -0.25) is 0 Å². The lowest BCUT2D eigenvalue weighted by atomic mass is 10.2. The number of ether oxygens (including phenoxy) is 3. The summed E-state index contributed by atoms with van der Waals surface area (Å²) in [5.74, 6) is 0.658. The molecule has 0 aliphatic rings. The topological polar surface area (TPSA) is 57.7 Å². The SMILES string of the molecule is COc1cc(C)ccc1OCC(=O)OCc1nc2ccccc2s1. The van der Waals surface area contributed by atoms with Crippen LogP contribution in [0.5, 0.6) is 11.5 Å². The first-order valence-corrected chi connectivity index (χ1v) is 8.25. The van der Waals surface area contributed by atoms with E-state index in [1.165, 1.54) is 11.3 Å². The van der Waals surface area contributed by atoms with Crippen molar-refractivity contribution in [2.24, 2.45) is 0 Å². The Hall–Kier alpha value is -2.60. The third-order valence-electron chi connectivity index (χ3n) is 3.36. The van der Waals surface area contributed by atoms with Crippen molar-refractivity contribution in [1.82, 2.24) is 4.98 Å². The number of nitrogens with zero attached hydrogens (tertiary/aromatic N) is 1. The van der Waals surface area contributed by atoms with Gasteiger partial charge in [0, 0.05) is 0 Å². The van der Waals surface area contributed by atoms with Gasteiger partial charge in [-0.1, -0.05) is 18.2 Å². The number of para-hydroxylation sites is 1. The lowest BCUT2D eigenvalue weighted by molar-refractivity contribution is -0.147. The van der Waals surface area contributed by atoms with Crippen LogP contribution in [0.4, 0.5) is 0 Å². The van der Waals surface area contributed by atoms with Crippen LogP contribution in [-0.2, 0) is 16.1 Å². The maximum atomic E-state index is 11.9. The predicted octanol–water partition coefficient (Wildman–Crippen LogP) is 3.74. The highest BCUT2D eigenvalue weighted by Crippen LogP contribution is 2.27. The number of esters is 1. The summed E-state index contributed by atoms with van der Waals surface area (Å²) in [6.07, 6.45) is 0. The van der Waals surface area contributed by atoms with Crippen molar-refractivity contribution in [2.45, 2.75) is 13.5 Å². The maximum absolute atomic E-state index is 11.9. The van der Waals surface area contributed by atoms with E-state index in [0.717, 1.165) is 20.8 Å². The van der Waals surface area contributed by atoms with Crippen molar-refractivity contribution < 1.29 is 19.0 Å². The Morgan fingerprint density at radius 2 is 2.00 bits per heavy atom. The molecule has 0 atom stereocenters. The number of hydrogen-bond acceptors (Lipinski definition) is 6. The normalized spacial score (nSPS) is 10.6. The Labute approximate surface area is 143 Å². The summed E-state index contributed by atoms with van der Waals surface area (Å²) in [7, 11) is 1.56. The van der Waals surface area contributed by atoms with Crippen LogP contribution in [0.25, 0.3) is 10.2 Å². The van der Waals surface area contributed by atoms with E-state index in [0.29, 0.717) is 11.5 Å². The van der Waals surface area contributed by atoms with Crippen LogP contribution >= 0.6 is 11.3 Å². The lowest BCUT2D eigenvalue weighted by Gasteiger charge is -2.10. The van der Waals surface area contributed by atoms with Crippen LogP contribution in [0.2, 0.25) is 0 Å². The second kappa shape index (κ2) is 7.31. The molecule has 0 spiro atoms. The molecule has 6 heteroatoms. The highest BCUT2D eigenvalue weighted by molar-refractivity contribution is 7.18. The van der Waals surface area contributed by atoms with Gasteiger partial charge in [0.15, 0.2) is 18.1 Å². The molecule has 0 bridgehead atoms. The summed E-state index contributed by atoms with van der Waals surface area (Å²) in [6.45, 7) is 1.93. The Kier molecular flexibility index (Phi) is 4.96. The van der Waals surface area contributed by atoms with Crippen LogP contribution in [0.1, 0.15) is 10.6 Å². The van der Waals surface area contributed by atoms with E-state index >= 15 is 0 Å². The number of aryl methyl sites for hydroxylation is 1. The quantitative estimate of drug-likeness (QED) is 0.638. The minimum atomic E-state index is -0.447. The Bertz CT molecular complexity index is 826. The molecule has 0 saturated carbocycles. The summed E-state index contributed by atoms with van der Waals surface area (Å²) in [4.78, 5) is 16.3. The number of aromatic nitrogens is 1. The van der Waals surface area contributed by atoms with Gasteiger partial charge in [-0.05, 0) is 36.8 Å². The van der Waals surface area contributed by atoms with E-state index in [-0.39, 0.29) is 13.2 Å². The summed E-state index contributed by atoms with van der Waals surface area (Å²) < 4.78 is 17.0. The molecule has 3 aromatic rings. The average molecular weight is 343 g/mol. The second-order valence-electron chi connectivity index (χ2n) is 5.18. The number of methoxy groups -OCH3 is 1. The highest BCUT2D eigenvalue weighted by Gasteiger charge is 2.10. The molecule has 0 aliphatic heterocycles. The monoisotopic (exact) mass is 343 g/mol. The van der Waals surface area contributed by atoms with Crippen molar-refractivity contribution in [2.75, 3.05) is 13.7 Å². The molecule has 124 valence electrons. The van der Waals surface area contributed by atoms with Crippen LogP contribution in [-0.4, -0.2) is 24.7 Å². The van der Waals surface area contributed by atoms with Gasteiger partial charge in [-0.15, -0.1) is 11.3 Å². The molecular weight excluding hydrogens is 326 g/mol. The van der Waals surface area contributed by atoms with Gasteiger partial charge in [0.2, 0.25) is 0 Å². The molecule has 0 N–H and O–H groups in total. The number of rotatable bonds is 6.